The van der Waals surface area contributed by atoms with E-state index in [0.29, 0.717) is 12.6 Å². The van der Waals surface area contributed by atoms with Crippen molar-refractivity contribution in [3.63, 3.8) is 0 Å². The number of rotatable bonds is 5. The van der Waals surface area contributed by atoms with Gasteiger partial charge in [-0.15, -0.1) is 0 Å². The second kappa shape index (κ2) is 6.11. The van der Waals surface area contributed by atoms with Gasteiger partial charge in [-0.05, 0) is 37.7 Å². The lowest BCUT2D eigenvalue weighted by atomic mass is 10.1. The Bertz CT molecular complexity index is 284. The summed E-state index contributed by atoms with van der Waals surface area (Å²) in [6, 6.07) is 8.22. The van der Waals surface area contributed by atoms with Gasteiger partial charge >= 0.3 is 0 Å². The van der Waals surface area contributed by atoms with E-state index < -0.39 is 0 Å². The zero-order valence-corrected chi connectivity index (χ0v) is 10.2. The molecule has 0 bridgehead atoms. The Hall–Kier alpha value is -0.570. The van der Waals surface area contributed by atoms with E-state index in [1.807, 2.05) is 24.3 Å². The van der Waals surface area contributed by atoms with Crippen LogP contribution in [0.2, 0.25) is 5.02 Å². The standard InChI is InChI=1S/C12H19ClN2/c1-3-8-15(2)12(9-14)10-4-6-11(13)7-5-10/h4-7,12H,3,8-9,14H2,1-2H3. The average Bonchev–Trinajstić information content (AvgIpc) is 2.22. The maximum absolute atomic E-state index is 5.86. The number of likely N-dealkylation sites (N-methyl/N-ethyl adjacent to an activating group) is 1. The van der Waals surface area contributed by atoms with Gasteiger partial charge in [-0.25, -0.2) is 0 Å². The van der Waals surface area contributed by atoms with Crippen molar-refractivity contribution < 1.29 is 0 Å². The third-order valence-corrected chi connectivity index (χ3v) is 2.84. The number of hydrogen-bond donors (Lipinski definition) is 1. The molecule has 1 unspecified atom stereocenters. The van der Waals surface area contributed by atoms with Crippen LogP contribution in [0.25, 0.3) is 0 Å². The molecule has 3 heteroatoms. The molecule has 0 aliphatic rings. The van der Waals surface area contributed by atoms with Gasteiger partial charge in [0.05, 0.1) is 0 Å². The van der Waals surface area contributed by atoms with Crippen molar-refractivity contribution >= 4 is 11.6 Å². The summed E-state index contributed by atoms with van der Waals surface area (Å²) in [7, 11) is 2.11. The Morgan fingerprint density at radius 1 is 1.33 bits per heavy atom. The second-order valence-electron chi connectivity index (χ2n) is 3.78. The van der Waals surface area contributed by atoms with E-state index in [4.69, 9.17) is 17.3 Å². The van der Waals surface area contributed by atoms with Gasteiger partial charge in [-0.1, -0.05) is 30.7 Å². The Kier molecular flexibility index (Phi) is 5.09. The van der Waals surface area contributed by atoms with Crippen molar-refractivity contribution in [2.75, 3.05) is 20.1 Å². The van der Waals surface area contributed by atoms with Crippen LogP contribution < -0.4 is 5.73 Å². The largest absolute Gasteiger partial charge is 0.329 e. The Balaban J connectivity index is 2.77. The van der Waals surface area contributed by atoms with Gasteiger partial charge in [0.25, 0.3) is 0 Å². The van der Waals surface area contributed by atoms with Crippen molar-refractivity contribution in [2.24, 2.45) is 5.73 Å². The Morgan fingerprint density at radius 3 is 2.40 bits per heavy atom. The minimum atomic E-state index is 0.294. The summed E-state index contributed by atoms with van der Waals surface area (Å²) in [4.78, 5) is 2.28. The fourth-order valence-electron chi connectivity index (χ4n) is 1.76. The van der Waals surface area contributed by atoms with E-state index in [1.54, 1.807) is 0 Å². The molecule has 0 amide bonds. The first-order chi connectivity index (χ1) is 7.19. The summed E-state index contributed by atoms with van der Waals surface area (Å²) in [5, 5.41) is 0.771. The highest BCUT2D eigenvalue weighted by Crippen LogP contribution is 2.20. The summed E-state index contributed by atoms with van der Waals surface area (Å²) in [5.74, 6) is 0. The molecule has 1 aromatic rings. The van der Waals surface area contributed by atoms with E-state index in [2.05, 4.69) is 18.9 Å². The van der Waals surface area contributed by atoms with Crippen LogP contribution in [0.4, 0.5) is 0 Å². The van der Waals surface area contributed by atoms with E-state index in [9.17, 15) is 0 Å². The van der Waals surface area contributed by atoms with Crippen LogP contribution >= 0.6 is 11.6 Å². The molecule has 0 fully saturated rings. The zero-order valence-electron chi connectivity index (χ0n) is 9.41. The number of nitrogens with zero attached hydrogens (tertiary/aromatic N) is 1. The van der Waals surface area contributed by atoms with E-state index in [0.717, 1.165) is 18.0 Å². The van der Waals surface area contributed by atoms with Crippen LogP contribution in [0, 0.1) is 0 Å². The van der Waals surface area contributed by atoms with Crippen molar-refractivity contribution in [2.45, 2.75) is 19.4 Å². The highest BCUT2D eigenvalue weighted by Gasteiger charge is 2.13. The molecule has 1 atom stereocenters. The maximum atomic E-state index is 5.86. The molecular formula is C12H19ClN2. The number of halogens is 1. The molecule has 2 nitrogen and oxygen atoms in total. The van der Waals surface area contributed by atoms with Gasteiger partial charge in [0.2, 0.25) is 0 Å². The van der Waals surface area contributed by atoms with Crippen LogP contribution in [-0.2, 0) is 0 Å². The lowest BCUT2D eigenvalue weighted by Crippen LogP contribution is -2.31. The molecule has 84 valence electrons. The van der Waals surface area contributed by atoms with Gasteiger partial charge < -0.3 is 5.73 Å². The Morgan fingerprint density at radius 2 is 1.93 bits per heavy atom. The smallest absolute Gasteiger partial charge is 0.0467 e. The molecule has 2 N–H and O–H groups in total. The van der Waals surface area contributed by atoms with Crippen molar-refractivity contribution in [3.05, 3.63) is 34.9 Å². The Labute approximate surface area is 97.0 Å². The first-order valence-electron chi connectivity index (χ1n) is 5.34. The zero-order chi connectivity index (χ0) is 11.3. The first-order valence-corrected chi connectivity index (χ1v) is 5.72. The fourth-order valence-corrected chi connectivity index (χ4v) is 1.89. The minimum Gasteiger partial charge on any atom is -0.329 e. The molecule has 15 heavy (non-hydrogen) atoms. The normalized spacial score (nSPS) is 13.1. The molecule has 0 saturated heterocycles. The molecule has 0 spiro atoms. The first kappa shape index (κ1) is 12.5. The van der Waals surface area contributed by atoms with Gasteiger partial charge in [0.15, 0.2) is 0 Å². The van der Waals surface area contributed by atoms with Gasteiger partial charge in [-0.3, -0.25) is 4.90 Å². The van der Waals surface area contributed by atoms with Crippen LogP contribution in [0.15, 0.2) is 24.3 Å². The lowest BCUT2D eigenvalue weighted by molar-refractivity contribution is 0.251. The third-order valence-electron chi connectivity index (χ3n) is 2.59. The topological polar surface area (TPSA) is 29.3 Å². The maximum Gasteiger partial charge on any atom is 0.0467 e. The van der Waals surface area contributed by atoms with Crippen LogP contribution in [0.1, 0.15) is 24.9 Å². The molecule has 1 aromatic carbocycles. The fraction of sp³-hybridized carbons (Fsp3) is 0.500. The monoisotopic (exact) mass is 226 g/mol. The molecule has 1 rings (SSSR count). The number of nitrogens with two attached hydrogens (primary N) is 1. The van der Waals surface area contributed by atoms with E-state index in [1.165, 1.54) is 5.56 Å². The number of hydrogen-bond acceptors (Lipinski definition) is 2. The van der Waals surface area contributed by atoms with Crippen LogP contribution in [-0.4, -0.2) is 25.0 Å². The van der Waals surface area contributed by atoms with Crippen molar-refractivity contribution in [1.82, 2.24) is 4.90 Å². The van der Waals surface area contributed by atoms with Gasteiger partial charge in [0.1, 0.15) is 0 Å². The van der Waals surface area contributed by atoms with Crippen molar-refractivity contribution in [3.8, 4) is 0 Å². The van der Waals surface area contributed by atoms with Crippen LogP contribution in [0.5, 0.6) is 0 Å². The van der Waals surface area contributed by atoms with Crippen LogP contribution in [0.3, 0.4) is 0 Å². The SMILES string of the molecule is CCCN(C)C(CN)c1ccc(Cl)cc1. The molecule has 0 aliphatic heterocycles. The summed E-state index contributed by atoms with van der Waals surface area (Å²) >= 11 is 5.86. The molecular weight excluding hydrogens is 208 g/mol. The predicted octanol–water partition coefficient (Wildman–Crippen LogP) is 2.68. The molecule has 0 radical (unpaired) electrons. The summed E-state index contributed by atoms with van der Waals surface area (Å²) < 4.78 is 0. The molecule has 0 heterocycles. The molecule has 0 aromatic heterocycles. The lowest BCUT2D eigenvalue weighted by Gasteiger charge is -2.26. The highest BCUT2D eigenvalue weighted by atomic mass is 35.5. The quantitative estimate of drug-likeness (QED) is 0.837. The van der Waals surface area contributed by atoms with Crippen molar-refractivity contribution in [1.29, 1.82) is 0 Å². The van der Waals surface area contributed by atoms with Gasteiger partial charge in [-0.2, -0.15) is 0 Å². The predicted molar refractivity (Wildman–Crippen MR) is 66.2 cm³/mol. The van der Waals surface area contributed by atoms with Gasteiger partial charge in [0, 0.05) is 17.6 Å². The number of benzene rings is 1. The van der Waals surface area contributed by atoms with E-state index in [-0.39, 0.29) is 0 Å². The second-order valence-corrected chi connectivity index (χ2v) is 4.22. The summed E-state index contributed by atoms with van der Waals surface area (Å²) in [5.41, 5.74) is 7.03. The molecule has 0 saturated carbocycles. The molecule has 0 aliphatic carbocycles. The van der Waals surface area contributed by atoms with E-state index >= 15 is 0 Å². The summed E-state index contributed by atoms with van der Waals surface area (Å²) in [6.45, 7) is 3.87. The third kappa shape index (κ3) is 3.49. The highest BCUT2D eigenvalue weighted by molar-refractivity contribution is 6.30. The average molecular weight is 227 g/mol. The minimum absolute atomic E-state index is 0.294. The summed E-state index contributed by atoms with van der Waals surface area (Å²) in [6.07, 6.45) is 1.14.